The van der Waals surface area contributed by atoms with Crippen LogP contribution in [0.2, 0.25) is 0 Å². The average molecular weight is 564 g/mol. The number of carboxylic acid groups (broad SMARTS) is 1. The number of rotatable bonds is 12. The van der Waals surface area contributed by atoms with Crippen LogP contribution in [-0.4, -0.2) is 59.4 Å². The number of piperidine rings is 1. The third-order valence-corrected chi connectivity index (χ3v) is 7.79. The van der Waals surface area contributed by atoms with Crippen molar-refractivity contribution in [1.29, 1.82) is 0 Å². The molecule has 1 atom stereocenters. The molecule has 1 aliphatic rings. The zero-order chi connectivity index (χ0) is 28.9. The van der Waals surface area contributed by atoms with Gasteiger partial charge in [0.2, 0.25) is 0 Å². The van der Waals surface area contributed by atoms with Gasteiger partial charge in [0.15, 0.2) is 11.6 Å². The van der Waals surface area contributed by atoms with Crippen molar-refractivity contribution < 1.29 is 37.3 Å². The lowest BCUT2D eigenvalue weighted by molar-refractivity contribution is -0.141. The number of methoxy groups -OCH3 is 1. The lowest BCUT2D eigenvalue weighted by atomic mass is 9.71. The summed E-state index contributed by atoms with van der Waals surface area (Å²) in [5.74, 6) is -3.44. The van der Waals surface area contributed by atoms with Crippen LogP contribution in [0.5, 0.6) is 5.75 Å². The van der Waals surface area contributed by atoms with Gasteiger partial charge in [-0.3, -0.25) is 9.78 Å². The Morgan fingerprint density at radius 1 is 1.18 bits per heavy atom. The molecular weight excluding hydrogens is 530 g/mol. The number of hydrogen-bond acceptors (Lipinski definition) is 6. The molecule has 1 fully saturated rings. The Labute approximate surface area is 229 Å². The van der Waals surface area contributed by atoms with Gasteiger partial charge < -0.3 is 25.2 Å². The monoisotopic (exact) mass is 563 g/mol. The summed E-state index contributed by atoms with van der Waals surface area (Å²) in [5, 5.41) is 22.7. The van der Waals surface area contributed by atoms with Crippen LogP contribution >= 0.6 is 0 Å². The Hall–Kier alpha value is -3.44. The van der Waals surface area contributed by atoms with Gasteiger partial charge in [0.1, 0.15) is 23.4 Å². The summed E-state index contributed by atoms with van der Waals surface area (Å²) in [5.41, 5.74) is 0.265. The van der Waals surface area contributed by atoms with Crippen LogP contribution in [-0.2, 0) is 11.4 Å². The van der Waals surface area contributed by atoms with Crippen LogP contribution in [0.1, 0.15) is 49.4 Å². The Morgan fingerprint density at radius 3 is 2.50 bits per heavy atom. The van der Waals surface area contributed by atoms with Gasteiger partial charge in [-0.25, -0.2) is 17.6 Å². The van der Waals surface area contributed by atoms with Gasteiger partial charge in [0, 0.05) is 47.9 Å². The largest absolute Gasteiger partial charge is 0.497 e. The van der Waals surface area contributed by atoms with E-state index in [2.05, 4.69) is 10.3 Å². The number of aliphatic hydroxyl groups is 1. The van der Waals surface area contributed by atoms with Gasteiger partial charge in [-0.05, 0) is 62.4 Å². The van der Waals surface area contributed by atoms with Crippen molar-refractivity contribution in [2.75, 3.05) is 38.6 Å². The predicted octanol–water partition coefficient (Wildman–Crippen LogP) is 5.61. The number of fused-ring (bicyclic) bond motifs is 1. The number of aromatic nitrogens is 1. The first kappa shape index (κ1) is 29.5. The summed E-state index contributed by atoms with van der Waals surface area (Å²) in [7, 11) is 1.51. The molecule has 2 aromatic carbocycles. The number of hydrogen-bond donors (Lipinski definition) is 3. The highest BCUT2D eigenvalue weighted by molar-refractivity contribution is 5.85. The summed E-state index contributed by atoms with van der Waals surface area (Å²) >= 11 is 0. The minimum Gasteiger partial charge on any atom is -0.497 e. The molecule has 7 nitrogen and oxygen atoms in total. The first-order chi connectivity index (χ1) is 19.1. The third-order valence-electron chi connectivity index (χ3n) is 7.79. The fourth-order valence-corrected chi connectivity index (χ4v) is 5.57. The van der Waals surface area contributed by atoms with Crippen LogP contribution in [0.3, 0.4) is 0 Å². The molecule has 4 rings (SSSR count). The van der Waals surface area contributed by atoms with E-state index < -0.39 is 40.7 Å². The molecule has 0 radical (unpaired) electrons. The molecule has 1 aromatic heterocycles. The number of halogens is 4. The quantitative estimate of drug-likeness (QED) is 0.247. The zero-order valence-corrected chi connectivity index (χ0v) is 22.2. The summed E-state index contributed by atoms with van der Waals surface area (Å²) in [6.45, 7) is 1.34. The fourth-order valence-electron chi connectivity index (χ4n) is 5.57. The number of aliphatic carboxylic acids is 1. The summed E-state index contributed by atoms with van der Waals surface area (Å²) in [4.78, 5) is 18.1. The molecule has 0 saturated carbocycles. The molecule has 216 valence electrons. The van der Waals surface area contributed by atoms with E-state index in [4.69, 9.17) is 4.74 Å². The number of pyridine rings is 1. The number of carboxylic acids is 1. The van der Waals surface area contributed by atoms with Crippen molar-refractivity contribution in [2.45, 2.75) is 44.9 Å². The first-order valence-electron chi connectivity index (χ1n) is 13.2. The van der Waals surface area contributed by atoms with Crippen LogP contribution in [0.15, 0.2) is 36.5 Å². The van der Waals surface area contributed by atoms with Crippen LogP contribution in [0.4, 0.5) is 23.2 Å². The molecule has 0 unspecified atom stereocenters. The molecule has 0 bridgehead atoms. The molecule has 2 heterocycles. The Kier molecular flexibility index (Phi) is 9.47. The van der Waals surface area contributed by atoms with E-state index in [9.17, 15) is 28.2 Å². The average Bonchev–Trinajstić information content (AvgIpc) is 2.92. The van der Waals surface area contributed by atoms with E-state index in [-0.39, 0.29) is 26.0 Å². The molecule has 1 saturated heterocycles. The Morgan fingerprint density at radius 2 is 1.88 bits per heavy atom. The molecule has 40 heavy (non-hydrogen) atoms. The standard InChI is InChI=1S/C29H33F4N3O4/c1-40-20-2-3-25-21(14-20)27(18(17-37)16-35-25)22(31)4-5-29(15-26(38)39)6-9-36(10-7-29)11-8-34-28-23(32)12-19(30)13-24(28)33/h2-3,12-14,16,22,34,37H,4-11,15,17H2,1H3,(H,38,39)/t22-/m1/s1. The van der Waals surface area contributed by atoms with Crippen LogP contribution < -0.4 is 10.1 Å². The number of aliphatic hydroxyl groups excluding tert-OH is 1. The number of benzene rings is 2. The fraction of sp³-hybridized carbons (Fsp3) is 0.448. The zero-order valence-electron chi connectivity index (χ0n) is 22.2. The van der Waals surface area contributed by atoms with Gasteiger partial charge in [-0.1, -0.05) is 0 Å². The maximum Gasteiger partial charge on any atom is 0.303 e. The van der Waals surface area contributed by atoms with E-state index in [1.807, 2.05) is 4.90 Å². The number of nitrogens with zero attached hydrogens (tertiary/aromatic N) is 2. The maximum atomic E-state index is 15.9. The number of alkyl halides is 1. The summed E-state index contributed by atoms with van der Waals surface area (Å²) < 4.78 is 62.0. The van der Waals surface area contributed by atoms with Crippen molar-refractivity contribution in [2.24, 2.45) is 5.41 Å². The van der Waals surface area contributed by atoms with E-state index in [0.29, 0.717) is 78.8 Å². The number of nitrogens with one attached hydrogen (secondary N) is 1. The lowest BCUT2D eigenvalue weighted by Crippen LogP contribution is -2.43. The van der Waals surface area contributed by atoms with Crippen LogP contribution in [0.25, 0.3) is 10.9 Å². The Bertz CT molecular complexity index is 1320. The van der Waals surface area contributed by atoms with Crippen molar-refractivity contribution in [3.8, 4) is 5.75 Å². The molecule has 0 amide bonds. The SMILES string of the molecule is COc1ccc2ncc(CO)c([C@H](F)CCC3(CC(=O)O)CCN(CCNc4c(F)cc(F)cc4F)CC3)c2c1. The predicted molar refractivity (Wildman–Crippen MR) is 142 cm³/mol. The van der Waals surface area contributed by atoms with Crippen molar-refractivity contribution in [3.63, 3.8) is 0 Å². The first-order valence-corrected chi connectivity index (χ1v) is 13.2. The van der Waals surface area contributed by atoms with E-state index in [1.165, 1.54) is 13.3 Å². The van der Waals surface area contributed by atoms with Gasteiger partial charge in [-0.2, -0.15) is 0 Å². The van der Waals surface area contributed by atoms with E-state index >= 15 is 4.39 Å². The molecule has 3 aromatic rings. The highest BCUT2D eigenvalue weighted by atomic mass is 19.1. The number of carbonyl (C=O) groups is 1. The molecule has 0 aliphatic carbocycles. The summed E-state index contributed by atoms with van der Waals surface area (Å²) in [6.07, 6.45) is 1.34. The summed E-state index contributed by atoms with van der Waals surface area (Å²) in [6, 6.07) is 6.36. The van der Waals surface area contributed by atoms with Crippen molar-refractivity contribution >= 4 is 22.6 Å². The smallest absolute Gasteiger partial charge is 0.303 e. The minimum atomic E-state index is -1.45. The second-order valence-corrected chi connectivity index (χ2v) is 10.3. The van der Waals surface area contributed by atoms with Crippen molar-refractivity contribution in [3.05, 3.63) is 65.1 Å². The third kappa shape index (κ3) is 6.82. The molecule has 1 aliphatic heterocycles. The second kappa shape index (κ2) is 12.8. The molecule has 11 heteroatoms. The van der Waals surface area contributed by atoms with Crippen molar-refractivity contribution in [1.82, 2.24) is 9.88 Å². The van der Waals surface area contributed by atoms with Gasteiger partial charge >= 0.3 is 5.97 Å². The van der Waals surface area contributed by atoms with Gasteiger partial charge in [0.05, 0.1) is 25.7 Å². The second-order valence-electron chi connectivity index (χ2n) is 10.3. The Balaban J connectivity index is 1.41. The molecule has 3 N–H and O–H groups in total. The topological polar surface area (TPSA) is 94.9 Å². The molecular formula is C29H33F4N3O4. The van der Waals surface area contributed by atoms with E-state index in [1.54, 1.807) is 18.2 Å². The van der Waals surface area contributed by atoms with Gasteiger partial charge in [-0.15, -0.1) is 0 Å². The van der Waals surface area contributed by atoms with E-state index in [0.717, 1.165) is 0 Å². The number of likely N-dealkylation sites (tertiary alicyclic amines) is 1. The lowest BCUT2D eigenvalue weighted by Gasteiger charge is -2.41. The highest BCUT2D eigenvalue weighted by Crippen LogP contribution is 2.43. The highest BCUT2D eigenvalue weighted by Gasteiger charge is 2.37. The minimum absolute atomic E-state index is 0.0707. The number of ether oxygens (including phenoxy) is 1. The normalized spacial score (nSPS) is 16.1. The maximum absolute atomic E-state index is 15.9. The number of anilines is 1. The van der Waals surface area contributed by atoms with Gasteiger partial charge in [0.25, 0.3) is 0 Å². The molecule has 0 spiro atoms. The van der Waals surface area contributed by atoms with Crippen LogP contribution in [0, 0.1) is 22.9 Å².